The van der Waals surface area contributed by atoms with Crippen molar-refractivity contribution in [1.29, 1.82) is 0 Å². The third-order valence-corrected chi connectivity index (χ3v) is 3.89. The Morgan fingerprint density at radius 2 is 2.39 bits per heavy atom. The van der Waals surface area contributed by atoms with Gasteiger partial charge in [-0.05, 0) is 28.5 Å². The molecule has 0 spiro atoms. The minimum Gasteiger partial charge on any atom is -0.386 e. The number of likely N-dealkylation sites (N-methyl/N-ethyl adjacent to an activating group) is 1. The molecule has 1 aromatic carbocycles. The van der Waals surface area contributed by atoms with Gasteiger partial charge < -0.3 is 9.84 Å². The molecule has 2 rings (SSSR count). The van der Waals surface area contributed by atoms with Crippen molar-refractivity contribution in [3.63, 3.8) is 0 Å². The Bertz CT molecular complexity index is 416. The maximum atomic E-state index is 13.9. The fourth-order valence-electron chi connectivity index (χ4n) is 2.16. The Morgan fingerprint density at radius 1 is 1.61 bits per heavy atom. The van der Waals surface area contributed by atoms with E-state index in [4.69, 9.17) is 4.74 Å². The number of aliphatic hydroxyl groups is 1. The monoisotopic (exact) mass is 317 g/mol. The molecule has 1 aromatic rings. The second-order valence-electron chi connectivity index (χ2n) is 4.39. The minimum absolute atomic E-state index is 0.285. The fourth-order valence-corrected chi connectivity index (χ4v) is 2.54. The van der Waals surface area contributed by atoms with Gasteiger partial charge in [0.15, 0.2) is 0 Å². The lowest BCUT2D eigenvalue weighted by Crippen LogP contribution is -2.45. The number of ether oxygens (including phenoxy) is 1. The van der Waals surface area contributed by atoms with Gasteiger partial charge in [0.1, 0.15) is 18.0 Å². The highest BCUT2D eigenvalue weighted by atomic mass is 79.9. The molecule has 1 saturated heterocycles. The van der Waals surface area contributed by atoms with Crippen LogP contribution in [0.2, 0.25) is 0 Å². The van der Waals surface area contributed by atoms with E-state index in [0.717, 1.165) is 13.1 Å². The first-order valence-electron chi connectivity index (χ1n) is 6.09. The van der Waals surface area contributed by atoms with Crippen LogP contribution in [0.4, 0.5) is 4.39 Å². The standard InChI is InChI=1S/C13H17BrFNO2/c1-2-16-6-7-18-11(8-16)13(17)9-4-3-5-10(14)12(9)15/h3-5,11,13,17H,2,6-8H2,1H3. The second kappa shape index (κ2) is 6.10. The Kier molecular flexibility index (Phi) is 4.72. The number of aliphatic hydroxyl groups excluding tert-OH is 1. The molecule has 1 aliphatic heterocycles. The molecule has 2 atom stereocenters. The summed E-state index contributed by atoms with van der Waals surface area (Å²) in [5.74, 6) is -0.415. The van der Waals surface area contributed by atoms with E-state index in [0.29, 0.717) is 17.6 Å². The summed E-state index contributed by atoms with van der Waals surface area (Å²) in [4.78, 5) is 2.19. The van der Waals surface area contributed by atoms with E-state index in [-0.39, 0.29) is 11.7 Å². The molecule has 18 heavy (non-hydrogen) atoms. The topological polar surface area (TPSA) is 32.7 Å². The Hall–Kier alpha value is -0.490. The van der Waals surface area contributed by atoms with Crippen LogP contribution in [0.3, 0.4) is 0 Å². The zero-order valence-corrected chi connectivity index (χ0v) is 11.9. The average Bonchev–Trinajstić information content (AvgIpc) is 2.41. The van der Waals surface area contributed by atoms with Gasteiger partial charge in [0, 0.05) is 18.7 Å². The lowest BCUT2D eigenvalue weighted by atomic mass is 10.0. The SMILES string of the molecule is CCN1CCOC(C(O)c2cccc(Br)c2F)C1. The van der Waals surface area contributed by atoms with Gasteiger partial charge in [-0.15, -0.1) is 0 Å². The summed E-state index contributed by atoms with van der Waals surface area (Å²) in [5.41, 5.74) is 0.285. The lowest BCUT2D eigenvalue weighted by Gasteiger charge is -2.34. The first-order chi connectivity index (χ1) is 8.63. The van der Waals surface area contributed by atoms with Gasteiger partial charge in [0.05, 0.1) is 11.1 Å². The number of morpholine rings is 1. The van der Waals surface area contributed by atoms with Crippen molar-refractivity contribution in [3.05, 3.63) is 34.1 Å². The van der Waals surface area contributed by atoms with Gasteiger partial charge in [0.2, 0.25) is 0 Å². The molecule has 1 aliphatic rings. The predicted molar refractivity (Wildman–Crippen MR) is 70.9 cm³/mol. The van der Waals surface area contributed by atoms with Gasteiger partial charge in [-0.1, -0.05) is 19.1 Å². The molecular weight excluding hydrogens is 301 g/mol. The molecule has 1 fully saturated rings. The molecule has 0 amide bonds. The molecule has 1 heterocycles. The number of nitrogens with zero attached hydrogens (tertiary/aromatic N) is 1. The largest absolute Gasteiger partial charge is 0.386 e. The van der Waals surface area contributed by atoms with Crippen molar-refractivity contribution in [2.45, 2.75) is 19.1 Å². The van der Waals surface area contributed by atoms with E-state index in [9.17, 15) is 9.50 Å². The zero-order valence-electron chi connectivity index (χ0n) is 10.3. The van der Waals surface area contributed by atoms with Crippen molar-refractivity contribution in [3.8, 4) is 0 Å². The van der Waals surface area contributed by atoms with Gasteiger partial charge in [-0.25, -0.2) is 4.39 Å². The first-order valence-corrected chi connectivity index (χ1v) is 6.88. The summed E-state index contributed by atoms with van der Waals surface area (Å²) < 4.78 is 19.8. The van der Waals surface area contributed by atoms with E-state index in [1.54, 1.807) is 18.2 Å². The summed E-state index contributed by atoms with van der Waals surface area (Å²) in [6.07, 6.45) is -1.31. The molecular formula is C13H17BrFNO2. The van der Waals surface area contributed by atoms with Crippen molar-refractivity contribution in [1.82, 2.24) is 4.90 Å². The summed E-state index contributed by atoms with van der Waals surface area (Å²) in [6.45, 7) is 5.04. The Morgan fingerprint density at radius 3 is 3.11 bits per heavy atom. The second-order valence-corrected chi connectivity index (χ2v) is 5.24. The van der Waals surface area contributed by atoms with Crippen LogP contribution in [-0.2, 0) is 4.74 Å². The highest BCUT2D eigenvalue weighted by Gasteiger charge is 2.29. The van der Waals surface area contributed by atoms with Crippen LogP contribution in [0, 0.1) is 5.82 Å². The van der Waals surface area contributed by atoms with Crippen molar-refractivity contribution in [2.75, 3.05) is 26.2 Å². The van der Waals surface area contributed by atoms with Gasteiger partial charge >= 0.3 is 0 Å². The van der Waals surface area contributed by atoms with Crippen molar-refractivity contribution < 1.29 is 14.2 Å². The normalized spacial score (nSPS) is 23.0. The maximum absolute atomic E-state index is 13.9. The summed E-state index contributed by atoms with van der Waals surface area (Å²) in [5, 5.41) is 10.3. The smallest absolute Gasteiger partial charge is 0.143 e. The van der Waals surface area contributed by atoms with Crippen LogP contribution in [0.5, 0.6) is 0 Å². The summed E-state index contributed by atoms with van der Waals surface area (Å²) in [7, 11) is 0. The van der Waals surface area contributed by atoms with Crippen LogP contribution in [0.1, 0.15) is 18.6 Å². The molecule has 0 bridgehead atoms. The highest BCUT2D eigenvalue weighted by Crippen LogP contribution is 2.28. The van der Waals surface area contributed by atoms with Gasteiger partial charge in [0.25, 0.3) is 0 Å². The van der Waals surface area contributed by atoms with Gasteiger partial charge in [-0.2, -0.15) is 0 Å². The molecule has 0 saturated carbocycles. The highest BCUT2D eigenvalue weighted by molar-refractivity contribution is 9.10. The molecule has 2 unspecified atom stereocenters. The van der Waals surface area contributed by atoms with Crippen LogP contribution in [0.15, 0.2) is 22.7 Å². The third-order valence-electron chi connectivity index (χ3n) is 3.28. The lowest BCUT2D eigenvalue weighted by molar-refractivity contribution is -0.0897. The number of halogens is 2. The fraction of sp³-hybridized carbons (Fsp3) is 0.538. The molecule has 0 radical (unpaired) electrons. The van der Waals surface area contributed by atoms with Crippen molar-refractivity contribution in [2.24, 2.45) is 0 Å². The summed E-state index contributed by atoms with van der Waals surface area (Å²) in [6, 6.07) is 4.93. The van der Waals surface area contributed by atoms with E-state index in [1.807, 2.05) is 0 Å². The molecule has 3 nitrogen and oxygen atoms in total. The molecule has 1 N–H and O–H groups in total. The number of hydrogen-bond donors (Lipinski definition) is 1. The molecule has 5 heteroatoms. The molecule has 0 aromatic heterocycles. The average molecular weight is 318 g/mol. The summed E-state index contributed by atoms with van der Waals surface area (Å²) >= 11 is 3.13. The molecule has 100 valence electrons. The van der Waals surface area contributed by atoms with Crippen LogP contribution in [0.25, 0.3) is 0 Å². The zero-order chi connectivity index (χ0) is 13.1. The Balaban J connectivity index is 2.15. The van der Waals surface area contributed by atoms with Crippen molar-refractivity contribution >= 4 is 15.9 Å². The first kappa shape index (κ1) is 13.9. The maximum Gasteiger partial charge on any atom is 0.143 e. The van der Waals surface area contributed by atoms with Crippen LogP contribution < -0.4 is 0 Å². The Labute approximate surface area is 115 Å². The van der Waals surface area contributed by atoms with E-state index in [1.165, 1.54) is 0 Å². The van der Waals surface area contributed by atoms with Gasteiger partial charge in [-0.3, -0.25) is 4.90 Å². The predicted octanol–water partition coefficient (Wildman–Crippen LogP) is 2.34. The van der Waals surface area contributed by atoms with Crippen LogP contribution >= 0.6 is 15.9 Å². The van der Waals surface area contributed by atoms with Crippen LogP contribution in [-0.4, -0.2) is 42.4 Å². The van der Waals surface area contributed by atoms with E-state index in [2.05, 4.69) is 27.8 Å². The molecule has 0 aliphatic carbocycles. The minimum atomic E-state index is -0.933. The quantitative estimate of drug-likeness (QED) is 0.929. The third kappa shape index (κ3) is 2.91. The van der Waals surface area contributed by atoms with E-state index < -0.39 is 11.9 Å². The number of hydrogen-bond acceptors (Lipinski definition) is 3. The van der Waals surface area contributed by atoms with E-state index >= 15 is 0 Å². The number of benzene rings is 1. The number of rotatable bonds is 3.